The van der Waals surface area contributed by atoms with E-state index in [1.807, 2.05) is 30.3 Å². The molecule has 0 radical (unpaired) electrons. The number of hydrogen-bond donors (Lipinski definition) is 2. The first-order valence-electron chi connectivity index (χ1n) is 7.95. The predicted molar refractivity (Wildman–Crippen MR) is 89.0 cm³/mol. The summed E-state index contributed by atoms with van der Waals surface area (Å²) < 4.78 is 26.0. The lowest BCUT2D eigenvalue weighted by atomic mass is 10.0. The van der Waals surface area contributed by atoms with Crippen molar-refractivity contribution in [2.75, 3.05) is 0 Å². The third kappa shape index (κ3) is 5.99. The Labute approximate surface area is 144 Å². The number of halogens is 2. The Hall–Kier alpha value is -2.76. The normalized spacial score (nSPS) is 11.8. The van der Waals surface area contributed by atoms with Crippen LogP contribution in [0.1, 0.15) is 24.0 Å². The summed E-state index contributed by atoms with van der Waals surface area (Å²) in [5, 5.41) is 11.7. The molecule has 0 unspecified atom stereocenters. The lowest BCUT2D eigenvalue weighted by Crippen LogP contribution is -2.41. The van der Waals surface area contributed by atoms with Crippen LogP contribution in [0.2, 0.25) is 0 Å². The van der Waals surface area contributed by atoms with Crippen LogP contribution in [0.15, 0.2) is 48.5 Å². The maximum Gasteiger partial charge on any atom is 0.326 e. The molecule has 1 atom stereocenters. The first kappa shape index (κ1) is 18.6. The van der Waals surface area contributed by atoms with E-state index in [1.165, 1.54) is 6.07 Å². The van der Waals surface area contributed by atoms with E-state index in [9.17, 15) is 23.5 Å². The van der Waals surface area contributed by atoms with Crippen LogP contribution < -0.4 is 5.32 Å². The average molecular weight is 347 g/mol. The molecule has 0 aliphatic heterocycles. The van der Waals surface area contributed by atoms with Gasteiger partial charge in [-0.05, 0) is 42.5 Å². The molecule has 132 valence electrons. The summed E-state index contributed by atoms with van der Waals surface area (Å²) in [6.45, 7) is 0. The van der Waals surface area contributed by atoms with Gasteiger partial charge in [0.1, 0.15) is 6.04 Å². The fourth-order valence-electron chi connectivity index (χ4n) is 2.49. The van der Waals surface area contributed by atoms with E-state index in [0.717, 1.165) is 17.7 Å². The molecular weight excluding hydrogens is 328 g/mol. The van der Waals surface area contributed by atoms with Crippen molar-refractivity contribution >= 4 is 11.9 Å². The topological polar surface area (TPSA) is 66.4 Å². The molecule has 2 rings (SSSR count). The van der Waals surface area contributed by atoms with Gasteiger partial charge in [0.2, 0.25) is 5.91 Å². The fraction of sp³-hybridized carbons (Fsp3) is 0.263. The van der Waals surface area contributed by atoms with Crippen molar-refractivity contribution in [2.24, 2.45) is 0 Å². The molecule has 2 aromatic rings. The van der Waals surface area contributed by atoms with Crippen LogP contribution in [0.25, 0.3) is 0 Å². The molecule has 0 fully saturated rings. The van der Waals surface area contributed by atoms with Gasteiger partial charge in [-0.1, -0.05) is 36.4 Å². The number of nitrogens with one attached hydrogen (secondary N) is 1. The Morgan fingerprint density at radius 1 is 1.00 bits per heavy atom. The number of carboxylic acid groups (broad SMARTS) is 1. The van der Waals surface area contributed by atoms with E-state index >= 15 is 0 Å². The molecule has 0 aliphatic rings. The second-order valence-electron chi connectivity index (χ2n) is 5.76. The molecule has 0 aliphatic carbocycles. The van der Waals surface area contributed by atoms with Gasteiger partial charge in [-0.25, -0.2) is 13.6 Å². The zero-order chi connectivity index (χ0) is 18.2. The number of carbonyl (C=O) groups is 2. The van der Waals surface area contributed by atoms with Gasteiger partial charge >= 0.3 is 5.97 Å². The highest BCUT2D eigenvalue weighted by Crippen LogP contribution is 2.10. The first-order chi connectivity index (χ1) is 12.0. The number of aliphatic carboxylic acids is 1. The van der Waals surface area contributed by atoms with Gasteiger partial charge in [0.05, 0.1) is 6.42 Å². The second-order valence-corrected chi connectivity index (χ2v) is 5.76. The summed E-state index contributed by atoms with van der Waals surface area (Å²) in [7, 11) is 0. The summed E-state index contributed by atoms with van der Waals surface area (Å²) >= 11 is 0. The maximum absolute atomic E-state index is 13.1. The number of benzene rings is 2. The summed E-state index contributed by atoms with van der Waals surface area (Å²) in [5.41, 5.74) is 1.38. The molecule has 0 spiro atoms. The summed E-state index contributed by atoms with van der Waals surface area (Å²) in [6.07, 6.45) is 1.39. The van der Waals surface area contributed by atoms with Gasteiger partial charge < -0.3 is 10.4 Å². The van der Waals surface area contributed by atoms with E-state index in [0.29, 0.717) is 12.8 Å². The van der Waals surface area contributed by atoms with Crippen molar-refractivity contribution in [2.45, 2.75) is 31.7 Å². The van der Waals surface area contributed by atoms with Gasteiger partial charge in [-0.2, -0.15) is 0 Å². The largest absolute Gasteiger partial charge is 0.480 e. The summed E-state index contributed by atoms with van der Waals surface area (Å²) in [5.74, 6) is -3.69. The number of hydrogen-bond acceptors (Lipinski definition) is 2. The van der Waals surface area contributed by atoms with Crippen LogP contribution in [0.4, 0.5) is 8.78 Å². The second kappa shape index (κ2) is 8.92. The van der Waals surface area contributed by atoms with Crippen molar-refractivity contribution in [1.82, 2.24) is 5.32 Å². The molecule has 25 heavy (non-hydrogen) atoms. The molecule has 1 amide bonds. The zero-order valence-electron chi connectivity index (χ0n) is 13.5. The van der Waals surface area contributed by atoms with Crippen LogP contribution in [-0.4, -0.2) is 23.0 Å². The molecule has 0 saturated carbocycles. The Morgan fingerprint density at radius 3 is 2.36 bits per heavy atom. The van der Waals surface area contributed by atoms with Crippen molar-refractivity contribution in [3.8, 4) is 0 Å². The van der Waals surface area contributed by atoms with E-state index in [2.05, 4.69) is 5.32 Å². The number of carbonyl (C=O) groups excluding carboxylic acids is 1. The molecule has 0 heterocycles. The standard InChI is InChI=1S/C19H19F2NO3/c20-15-10-9-14(11-16(15)21)12-18(23)22-17(19(24)25)8-4-7-13-5-2-1-3-6-13/h1-3,5-6,9-11,17H,4,7-8,12H2,(H,22,23)(H,24,25)/t17-/m1/s1. The molecule has 0 aromatic heterocycles. The number of aryl methyl sites for hydroxylation is 1. The molecular formula is C19H19F2NO3. The smallest absolute Gasteiger partial charge is 0.326 e. The van der Waals surface area contributed by atoms with Crippen molar-refractivity contribution in [1.29, 1.82) is 0 Å². The van der Waals surface area contributed by atoms with Gasteiger partial charge in [0.25, 0.3) is 0 Å². The molecule has 6 heteroatoms. The Bertz CT molecular complexity index is 735. The van der Waals surface area contributed by atoms with E-state index in [1.54, 1.807) is 0 Å². The van der Waals surface area contributed by atoms with Crippen molar-refractivity contribution in [3.05, 3.63) is 71.3 Å². The summed E-state index contributed by atoms with van der Waals surface area (Å²) in [4.78, 5) is 23.3. The minimum atomic E-state index is -1.12. The number of rotatable bonds is 8. The highest BCUT2D eigenvalue weighted by Gasteiger charge is 2.19. The van der Waals surface area contributed by atoms with Gasteiger partial charge in [-0.3, -0.25) is 4.79 Å². The van der Waals surface area contributed by atoms with Crippen LogP contribution in [0, 0.1) is 11.6 Å². The van der Waals surface area contributed by atoms with Crippen LogP contribution in [0.5, 0.6) is 0 Å². The van der Waals surface area contributed by atoms with Crippen LogP contribution in [0.3, 0.4) is 0 Å². The van der Waals surface area contributed by atoms with E-state index in [4.69, 9.17) is 0 Å². The van der Waals surface area contributed by atoms with E-state index < -0.39 is 29.6 Å². The SMILES string of the molecule is O=C(Cc1ccc(F)c(F)c1)N[C@H](CCCc1ccccc1)C(=O)O. The monoisotopic (exact) mass is 347 g/mol. The quantitative estimate of drug-likeness (QED) is 0.771. The molecule has 2 aromatic carbocycles. The molecule has 0 bridgehead atoms. The molecule has 2 N–H and O–H groups in total. The van der Waals surface area contributed by atoms with Crippen LogP contribution in [-0.2, 0) is 22.4 Å². The molecule has 0 saturated heterocycles. The first-order valence-corrected chi connectivity index (χ1v) is 7.95. The number of amides is 1. The predicted octanol–water partition coefficient (Wildman–Crippen LogP) is 3.10. The van der Waals surface area contributed by atoms with Gasteiger partial charge in [0, 0.05) is 0 Å². The Balaban J connectivity index is 1.86. The van der Waals surface area contributed by atoms with E-state index in [-0.39, 0.29) is 18.4 Å². The lowest BCUT2D eigenvalue weighted by molar-refractivity contribution is -0.141. The third-order valence-corrected chi connectivity index (χ3v) is 3.78. The zero-order valence-corrected chi connectivity index (χ0v) is 13.5. The third-order valence-electron chi connectivity index (χ3n) is 3.78. The average Bonchev–Trinajstić information content (AvgIpc) is 2.58. The number of carboxylic acids is 1. The van der Waals surface area contributed by atoms with Crippen molar-refractivity contribution < 1.29 is 23.5 Å². The van der Waals surface area contributed by atoms with Gasteiger partial charge in [0.15, 0.2) is 11.6 Å². The highest BCUT2D eigenvalue weighted by molar-refractivity contribution is 5.84. The van der Waals surface area contributed by atoms with Gasteiger partial charge in [-0.15, -0.1) is 0 Å². The van der Waals surface area contributed by atoms with Crippen LogP contribution >= 0.6 is 0 Å². The highest BCUT2D eigenvalue weighted by atomic mass is 19.2. The fourth-order valence-corrected chi connectivity index (χ4v) is 2.49. The minimum Gasteiger partial charge on any atom is -0.480 e. The summed E-state index contributed by atoms with van der Waals surface area (Å²) in [6, 6.07) is 11.8. The molecule has 4 nitrogen and oxygen atoms in total. The Kier molecular flexibility index (Phi) is 6.62. The minimum absolute atomic E-state index is 0.209. The Morgan fingerprint density at radius 2 is 1.72 bits per heavy atom. The van der Waals surface area contributed by atoms with Crippen molar-refractivity contribution in [3.63, 3.8) is 0 Å². The lowest BCUT2D eigenvalue weighted by Gasteiger charge is -2.14. The maximum atomic E-state index is 13.1.